The molecule has 23 heavy (non-hydrogen) atoms. The van der Waals surface area contributed by atoms with Crippen molar-refractivity contribution in [1.82, 2.24) is 15.2 Å². The van der Waals surface area contributed by atoms with Crippen molar-refractivity contribution in [3.05, 3.63) is 15.6 Å². The fourth-order valence-electron chi connectivity index (χ4n) is 3.80. The molecular formula is C17H25N3O2S. The molecular weight excluding hydrogens is 310 g/mol. The number of carbonyl (C=O) groups is 1. The third-order valence-corrected chi connectivity index (χ3v) is 6.65. The molecule has 1 aromatic rings. The minimum absolute atomic E-state index is 0.0699. The van der Waals surface area contributed by atoms with Crippen LogP contribution in [0.15, 0.2) is 0 Å². The largest absolute Gasteiger partial charge is 0.375 e. The fraction of sp³-hybridized carbons (Fsp3) is 0.765. The molecule has 126 valence electrons. The Bertz CT molecular complexity index is 549. The molecule has 0 atom stereocenters. The average Bonchev–Trinajstić information content (AvgIpc) is 2.96. The molecule has 0 unspecified atom stereocenters. The third-order valence-electron chi connectivity index (χ3n) is 5.43. The van der Waals surface area contributed by atoms with E-state index in [9.17, 15) is 4.79 Å². The van der Waals surface area contributed by atoms with Crippen molar-refractivity contribution in [2.24, 2.45) is 0 Å². The van der Waals surface area contributed by atoms with Gasteiger partial charge < -0.3 is 15.0 Å². The van der Waals surface area contributed by atoms with Crippen LogP contribution in [-0.4, -0.2) is 47.8 Å². The number of ether oxygens (including phenoxy) is 1. The van der Waals surface area contributed by atoms with Crippen LogP contribution in [0, 0.1) is 0 Å². The van der Waals surface area contributed by atoms with E-state index in [1.165, 1.54) is 34.8 Å². The first kappa shape index (κ1) is 15.4. The number of piperidine rings is 1. The minimum Gasteiger partial charge on any atom is -0.375 e. The Morgan fingerprint density at radius 1 is 1.26 bits per heavy atom. The second-order valence-electron chi connectivity index (χ2n) is 6.94. The number of amides is 2. The van der Waals surface area contributed by atoms with E-state index in [1.54, 1.807) is 0 Å². The standard InChI is InChI=1S/C17H25N3O2S/c21-16(20-10-6-17(7-11-20)8-12-22-17)18-9-5-15-19-13-3-1-2-4-14(13)23-15/h1-12H2,(H,18,21). The normalized spacial score (nSPS) is 22.5. The highest BCUT2D eigenvalue weighted by atomic mass is 32.1. The number of likely N-dealkylation sites (tertiary alicyclic amines) is 1. The van der Waals surface area contributed by atoms with E-state index >= 15 is 0 Å². The molecule has 4 rings (SSSR count). The molecule has 3 heterocycles. The molecule has 0 bridgehead atoms. The highest BCUT2D eigenvalue weighted by Crippen LogP contribution is 2.36. The van der Waals surface area contributed by atoms with Crippen molar-refractivity contribution in [2.75, 3.05) is 26.2 Å². The van der Waals surface area contributed by atoms with Crippen LogP contribution >= 0.6 is 11.3 Å². The van der Waals surface area contributed by atoms with Crippen molar-refractivity contribution in [3.63, 3.8) is 0 Å². The van der Waals surface area contributed by atoms with Crippen LogP contribution in [-0.2, 0) is 24.0 Å². The molecule has 0 radical (unpaired) electrons. The summed E-state index contributed by atoms with van der Waals surface area (Å²) < 4.78 is 5.70. The van der Waals surface area contributed by atoms with Gasteiger partial charge in [-0.1, -0.05) is 0 Å². The summed E-state index contributed by atoms with van der Waals surface area (Å²) in [4.78, 5) is 20.4. The van der Waals surface area contributed by atoms with E-state index in [0.29, 0.717) is 6.54 Å². The lowest BCUT2D eigenvalue weighted by Gasteiger charge is -2.47. The zero-order valence-electron chi connectivity index (χ0n) is 13.6. The summed E-state index contributed by atoms with van der Waals surface area (Å²) >= 11 is 1.84. The van der Waals surface area contributed by atoms with Gasteiger partial charge in [-0.2, -0.15) is 0 Å². The van der Waals surface area contributed by atoms with Gasteiger partial charge in [0.2, 0.25) is 0 Å². The Morgan fingerprint density at radius 2 is 2.04 bits per heavy atom. The molecule has 1 aromatic heterocycles. The molecule has 0 saturated carbocycles. The molecule has 2 saturated heterocycles. The zero-order chi connectivity index (χ0) is 15.7. The summed E-state index contributed by atoms with van der Waals surface area (Å²) in [5, 5.41) is 4.24. The van der Waals surface area contributed by atoms with Gasteiger partial charge in [-0.25, -0.2) is 9.78 Å². The van der Waals surface area contributed by atoms with E-state index < -0.39 is 0 Å². The van der Waals surface area contributed by atoms with Gasteiger partial charge in [-0.05, 0) is 44.9 Å². The summed E-state index contributed by atoms with van der Waals surface area (Å²) in [6, 6.07) is 0.0699. The molecule has 6 heteroatoms. The summed E-state index contributed by atoms with van der Waals surface area (Å²) in [6.45, 7) is 3.21. The monoisotopic (exact) mass is 335 g/mol. The number of carbonyl (C=O) groups excluding carboxylic acids is 1. The van der Waals surface area contributed by atoms with E-state index in [2.05, 4.69) is 5.32 Å². The number of thiazole rings is 1. The first-order valence-corrected chi connectivity index (χ1v) is 9.70. The molecule has 1 spiro atoms. The van der Waals surface area contributed by atoms with Gasteiger partial charge in [-0.15, -0.1) is 11.3 Å². The summed E-state index contributed by atoms with van der Waals surface area (Å²) in [6.07, 6.45) is 8.88. The van der Waals surface area contributed by atoms with E-state index in [1.807, 2.05) is 16.2 Å². The van der Waals surface area contributed by atoms with Gasteiger partial charge in [0.25, 0.3) is 0 Å². The van der Waals surface area contributed by atoms with Gasteiger partial charge in [0.1, 0.15) is 0 Å². The van der Waals surface area contributed by atoms with Gasteiger partial charge in [0.15, 0.2) is 0 Å². The molecule has 5 nitrogen and oxygen atoms in total. The average molecular weight is 335 g/mol. The van der Waals surface area contributed by atoms with Crippen LogP contribution in [0.1, 0.15) is 47.7 Å². The second kappa shape index (κ2) is 6.40. The van der Waals surface area contributed by atoms with Gasteiger partial charge in [0.05, 0.1) is 22.9 Å². The quantitative estimate of drug-likeness (QED) is 0.923. The van der Waals surface area contributed by atoms with Crippen LogP contribution in [0.3, 0.4) is 0 Å². The number of hydrogen-bond acceptors (Lipinski definition) is 4. The Labute approximate surface area is 141 Å². The maximum atomic E-state index is 12.3. The Kier molecular flexibility index (Phi) is 4.28. The van der Waals surface area contributed by atoms with Gasteiger partial charge >= 0.3 is 6.03 Å². The number of urea groups is 1. The van der Waals surface area contributed by atoms with Crippen molar-refractivity contribution in [1.29, 1.82) is 0 Å². The predicted molar refractivity (Wildman–Crippen MR) is 90.0 cm³/mol. The van der Waals surface area contributed by atoms with E-state index in [-0.39, 0.29) is 11.6 Å². The minimum atomic E-state index is 0.0699. The molecule has 2 aliphatic heterocycles. The predicted octanol–water partition coefficient (Wildman–Crippen LogP) is 2.53. The highest BCUT2D eigenvalue weighted by Gasteiger charge is 2.41. The van der Waals surface area contributed by atoms with E-state index in [0.717, 1.165) is 51.8 Å². The zero-order valence-corrected chi connectivity index (χ0v) is 14.4. The molecule has 3 aliphatic rings. The van der Waals surface area contributed by atoms with Crippen molar-refractivity contribution in [2.45, 2.75) is 57.0 Å². The molecule has 2 amide bonds. The number of rotatable bonds is 3. The number of aryl methyl sites for hydroxylation is 2. The number of nitrogens with one attached hydrogen (secondary N) is 1. The van der Waals surface area contributed by atoms with Crippen molar-refractivity contribution in [3.8, 4) is 0 Å². The van der Waals surface area contributed by atoms with Crippen LogP contribution in [0.5, 0.6) is 0 Å². The molecule has 0 aromatic carbocycles. The van der Waals surface area contributed by atoms with Crippen LogP contribution < -0.4 is 5.32 Å². The fourth-order valence-corrected chi connectivity index (χ4v) is 4.96. The smallest absolute Gasteiger partial charge is 0.317 e. The maximum Gasteiger partial charge on any atom is 0.317 e. The second-order valence-corrected chi connectivity index (χ2v) is 8.10. The number of hydrogen-bond donors (Lipinski definition) is 1. The lowest BCUT2D eigenvalue weighted by atomic mass is 9.84. The number of fused-ring (bicyclic) bond motifs is 1. The SMILES string of the molecule is O=C(NCCc1nc2c(s1)CCCC2)N1CCC2(CCO2)CC1. The Balaban J connectivity index is 1.22. The molecule has 1 N–H and O–H groups in total. The lowest BCUT2D eigenvalue weighted by molar-refractivity contribution is -0.169. The van der Waals surface area contributed by atoms with Crippen molar-refractivity contribution < 1.29 is 9.53 Å². The lowest BCUT2D eigenvalue weighted by Crippen LogP contribution is -2.55. The van der Waals surface area contributed by atoms with Crippen LogP contribution in [0.4, 0.5) is 4.79 Å². The first-order valence-electron chi connectivity index (χ1n) is 8.88. The Morgan fingerprint density at radius 3 is 2.74 bits per heavy atom. The maximum absolute atomic E-state index is 12.3. The first-order chi connectivity index (χ1) is 11.2. The number of nitrogens with zero attached hydrogens (tertiary/aromatic N) is 2. The van der Waals surface area contributed by atoms with E-state index in [4.69, 9.17) is 9.72 Å². The summed E-state index contributed by atoms with van der Waals surface area (Å²) in [7, 11) is 0. The van der Waals surface area contributed by atoms with Gasteiger partial charge in [0, 0.05) is 30.9 Å². The summed E-state index contributed by atoms with van der Waals surface area (Å²) in [5.74, 6) is 0. The van der Waals surface area contributed by atoms with Crippen LogP contribution in [0.25, 0.3) is 0 Å². The molecule has 1 aliphatic carbocycles. The summed E-state index contributed by atoms with van der Waals surface area (Å²) in [5.41, 5.74) is 1.42. The van der Waals surface area contributed by atoms with Crippen molar-refractivity contribution >= 4 is 17.4 Å². The molecule has 2 fully saturated rings. The topological polar surface area (TPSA) is 54.5 Å². The van der Waals surface area contributed by atoms with Crippen LogP contribution in [0.2, 0.25) is 0 Å². The Hall–Kier alpha value is -1.14. The van der Waals surface area contributed by atoms with Gasteiger partial charge in [-0.3, -0.25) is 0 Å². The highest BCUT2D eigenvalue weighted by molar-refractivity contribution is 7.11. The number of aromatic nitrogens is 1. The third kappa shape index (κ3) is 3.24.